The molecule has 1 N–H and O–H groups in total. The quantitative estimate of drug-likeness (QED) is 0.825. The molecule has 1 aliphatic rings. The Balaban J connectivity index is 1.90. The van der Waals surface area contributed by atoms with Crippen LogP contribution in [0.4, 0.5) is 5.13 Å². The largest absolute Gasteiger partial charge is 0.360 e. The lowest BCUT2D eigenvalue weighted by molar-refractivity contribution is 0.368. The Kier molecular flexibility index (Phi) is 4.03. The SMILES string of the molecule is CCc1nsc(NCC2(CCl)CCCC2)n1. The van der Waals surface area contributed by atoms with Crippen LogP contribution in [0.1, 0.15) is 38.4 Å². The zero-order valence-corrected chi connectivity index (χ0v) is 11.2. The fraction of sp³-hybridized carbons (Fsp3) is 0.818. The van der Waals surface area contributed by atoms with Crippen molar-refractivity contribution in [2.45, 2.75) is 39.0 Å². The van der Waals surface area contributed by atoms with Crippen molar-refractivity contribution in [1.29, 1.82) is 0 Å². The molecule has 0 amide bonds. The molecule has 3 nitrogen and oxygen atoms in total. The molecule has 1 aromatic rings. The van der Waals surface area contributed by atoms with E-state index in [1.165, 1.54) is 37.2 Å². The molecule has 0 saturated heterocycles. The number of hydrogen-bond donors (Lipinski definition) is 1. The minimum atomic E-state index is 0.291. The summed E-state index contributed by atoms with van der Waals surface area (Å²) < 4.78 is 4.26. The van der Waals surface area contributed by atoms with E-state index in [9.17, 15) is 0 Å². The molecule has 0 spiro atoms. The highest BCUT2D eigenvalue weighted by molar-refractivity contribution is 7.09. The second-order valence-electron chi connectivity index (χ2n) is 4.56. The second kappa shape index (κ2) is 5.32. The maximum absolute atomic E-state index is 6.09. The monoisotopic (exact) mass is 259 g/mol. The van der Waals surface area contributed by atoms with E-state index in [0.29, 0.717) is 5.41 Å². The van der Waals surface area contributed by atoms with Crippen molar-refractivity contribution in [3.05, 3.63) is 5.82 Å². The molecule has 0 atom stereocenters. The van der Waals surface area contributed by atoms with Crippen LogP contribution in [0.3, 0.4) is 0 Å². The number of nitrogens with one attached hydrogen (secondary N) is 1. The van der Waals surface area contributed by atoms with Gasteiger partial charge in [-0.3, -0.25) is 0 Å². The van der Waals surface area contributed by atoms with Crippen LogP contribution in [0, 0.1) is 5.41 Å². The third-order valence-electron chi connectivity index (χ3n) is 3.35. The summed E-state index contributed by atoms with van der Waals surface area (Å²) in [5, 5.41) is 4.33. The van der Waals surface area contributed by atoms with Gasteiger partial charge in [-0.25, -0.2) is 4.98 Å². The highest BCUT2D eigenvalue weighted by Crippen LogP contribution is 2.39. The molecule has 5 heteroatoms. The Morgan fingerprint density at radius 2 is 2.19 bits per heavy atom. The zero-order chi connectivity index (χ0) is 11.4. The van der Waals surface area contributed by atoms with Crippen molar-refractivity contribution < 1.29 is 0 Å². The van der Waals surface area contributed by atoms with Crippen LogP contribution in [0.25, 0.3) is 0 Å². The fourth-order valence-corrected chi connectivity index (χ4v) is 3.22. The first kappa shape index (κ1) is 12.1. The molecule has 1 fully saturated rings. The summed E-state index contributed by atoms with van der Waals surface area (Å²) in [6.45, 7) is 3.01. The molecule has 0 unspecified atom stereocenters. The van der Waals surface area contributed by atoms with Gasteiger partial charge in [0.15, 0.2) is 0 Å². The standard InChI is InChI=1S/C11H18ClN3S/c1-2-9-14-10(16-15-9)13-8-11(7-12)5-3-4-6-11/h2-8H2,1H3,(H,13,14,15). The minimum absolute atomic E-state index is 0.291. The van der Waals surface area contributed by atoms with Crippen molar-refractivity contribution in [1.82, 2.24) is 9.36 Å². The zero-order valence-electron chi connectivity index (χ0n) is 9.63. The third kappa shape index (κ3) is 2.66. The average Bonchev–Trinajstić information content (AvgIpc) is 2.96. The predicted octanol–water partition coefficient (Wildman–Crippen LogP) is 3.31. The molecule has 1 heterocycles. The van der Waals surface area contributed by atoms with Crippen LogP contribution in [-0.4, -0.2) is 21.8 Å². The lowest BCUT2D eigenvalue weighted by atomic mass is 9.89. The average molecular weight is 260 g/mol. The molecular formula is C11H18ClN3S. The minimum Gasteiger partial charge on any atom is -0.360 e. The van der Waals surface area contributed by atoms with Crippen molar-refractivity contribution in [2.24, 2.45) is 5.41 Å². The summed E-state index contributed by atoms with van der Waals surface area (Å²) >= 11 is 7.54. The van der Waals surface area contributed by atoms with Gasteiger partial charge >= 0.3 is 0 Å². The number of alkyl halides is 1. The van der Waals surface area contributed by atoms with Gasteiger partial charge in [0.1, 0.15) is 5.82 Å². The lowest BCUT2D eigenvalue weighted by Gasteiger charge is -2.26. The van der Waals surface area contributed by atoms with E-state index in [4.69, 9.17) is 11.6 Å². The van der Waals surface area contributed by atoms with Crippen LogP contribution in [0.15, 0.2) is 0 Å². The van der Waals surface area contributed by atoms with E-state index in [1.807, 2.05) is 0 Å². The molecule has 1 saturated carbocycles. The van der Waals surface area contributed by atoms with Gasteiger partial charge in [0.25, 0.3) is 0 Å². The highest BCUT2D eigenvalue weighted by Gasteiger charge is 2.32. The van der Waals surface area contributed by atoms with Crippen LogP contribution >= 0.6 is 23.1 Å². The van der Waals surface area contributed by atoms with E-state index in [2.05, 4.69) is 21.6 Å². The van der Waals surface area contributed by atoms with Gasteiger partial charge in [-0.05, 0) is 12.8 Å². The summed E-state index contributed by atoms with van der Waals surface area (Å²) in [6.07, 6.45) is 6.00. The van der Waals surface area contributed by atoms with Crippen molar-refractivity contribution >= 4 is 28.3 Å². The number of hydrogen-bond acceptors (Lipinski definition) is 4. The van der Waals surface area contributed by atoms with Gasteiger partial charge in [0, 0.05) is 35.8 Å². The molecule has 2 rings (SSSR count). The Morgan fingerprint density at radius 3 is 2.75 bits per heavy atom. The smallest absolute Gasteiger partial charge is 0.202 e. The topological polar surface area (TPSA) is 37.8 Å². The van der Waals surface area contributed by atoms with E-state index >= 15 is 0 Å². The molecule has 16 heavy (non-hydrogen) atoms. The van der Waals surface area contributed by atoms with Crippen LogP contribution in [-0.2, 0) is 6.42 Å². The Labute approximate surface area is 106 Å². The summed E-state index contributed by atoms with van der Waals surface area (Å²) in [6, 6.07) is 0. The Hall–Kier alpha value is -0.350. The van der Waals surface area contributed by atoms with Gasteiger partial charge in [-0.2, -0.15) is 4.37 Å². The maximum Gasteiger partial charge on any atom is 0.202 e. The Bertz CT molecular complexity index is 334. The molecule has 0 bridgehead atoms. The molecule has 1 aromatic heterocycles. The summed E-state index contributed by atoms with van der Waals surface area (Å²) in [5.41, 5.74) is 0.291. The van der Waals surface area contributed by atoms with E-state index in [-0.39, 0.29) is 0 Å². The predicted molar refractivity (Wildman–Crippen MR) is 69.4 cm³/mol. The number of aryl methyl sites for hydroxylation is 1. The summed E-state index contributed by atoms with van der Waals surface area (Å²) in [7, 11) is 0. The molecule has 1 aliphatic carbocycles. The van der Waals surface area contributed by atoms with E-state index < -0.39 is 0 Å². The van der Waals surface area contributed by atoms with Gasteiger partial charge in [-0.15, -0.1) is 11.6 Å². The van der Waals surface area contributed by atoms with Gasteiger partial charge in [0.05, 0.1) is 0 Å². The van der Waals surface area contributed by atoms with E-state index in [1.54, 1.807) is 0 Å². The highest BCUT2D eigenvalue weighted by atomic mass is 35.5. The third-order valence-corrected chi connectivity index (χ3v) is 4.62. The van der Waals surface area contributed by atoms with E-state index in [0.717, 1.165) is 29.8 Å². The fourth-order valence-electron chi connectivity index (χ4n) is 2.22. The first-order valence-electron chi connectivity index (χ1n) is 5.90. The van der Waals surface area contributed by atoms with Gasteiger partial charge < -0.3 is 5.32 Å². The van der Waals surface area contributed by atoms with Gasteiger partial charge in [0.2, 0.25) is 5.13 Å². The second-order valence-corrected chi connectivity index (χ2v) is 5.58. The first-order valence-corrected chi connectivity index (χ1v) is 7.21. The summed E-state index contributed by atoms with van der Waals surface area (Å²) in [5.74, 6) is 1.68. The summed E-state index contributed by atoms with van der Waals surface area (Å²) in [4.78, 5) is 4.41. The van der Waals surface area contributed by atoms with Crippen LogP contribution < -0.4 is 5.32 Å². The maximum atomic E-state index is 6.09. The molecular weight excluding hydrogens is 242 g/mol. The molecule has 0 radical (unpaired) electrons. The van der Waals surface area contributed by atoms with Crippen molar-refractivity contribution in [3.63, 3.8) is 0 Å². The number of halogens is 1. The molecule has 90 valence electrons. The normalized spacial score (nSPS) is 18.9. The van der Waals surface area contributed by atoms with Crippen LogP contribution in [0.5, 0.6) is 0 Å². The molecule has 0 aromatic carbocycles. The molecule has 0 aliphatic heterocycles. The first-order chi connectivity index (χ1) is 7.78. The van der Waals surface area contributed by atoms with Gasteiger partial charge in [-0.1, -0.05) is 19.8 Å². The Morgan fingerprint density at radius 1 is 1.44 bits per heavy atom. The number of nitrogens with zero attached hydrogens (tertiary/aromatic N) is 2. The number of anilines is 1. The van der Waals surface area contributed by atoms with Crippen LogP contribution in [0.2, 0.25) is 0 Å². The van der Waals surface area contributed by atoms with Crippen molar-refractivity contribution in [3.8, 4) is 0 Å². The van der Waals surface area contributed by atoms with Crippen molar-refractivity contribution in [2.75, 3.05) is 17.7 Å². The number of rotatable bonds is 5. The number of aromatic nitrogens is 2. The lowest BCUT2D eigenvalue weighted by Crippen LogP contribution is -2.28.